The zero-order valence-corrected chi connectivity index (χ0v) is 15.3. The van der Waals surface area contributed by atoms with Crippen molar-refractivity contribution in [2.24, 2.45) is 7.05 Å². The molecule has 0 aliphatic carbocycles. The number of carbonyl (C=O) groups is 1. The summed E-state index contributed by atoms with van der Waals surface area (Å²) in [5, 5.41) is 8.33. The van der Waals surface area contributed by atoms with Gasteiger partial charge in [-0.3, -0.25) is 9.59 Å². The largest absolute Gasteiger partial charge is 0.491 e. The van der Waals surface area contributed by atoms with Crippen LogP contribution in [-0.2, 0) is 23.0 Å². The molecule has 0 bridgehead atoms. The highest BCUT2D eigenvalue weighted by atomic mass is 16.5. The van der Waals surface area contributed by atoms with Crippen LogP contribution in [0.3, 0.4) is 0 Å². The number of anilines is 1. The minimum Gasteiger partial charge on any atom is -0.491 e. The molecule has 1 aromatic heterocycles. The summed E-state index contributed by atoms with van der Waals surface area (Å²) in [6.07, 6.45) is 0.0702. The molecule has 2 aromatic carbocycles. The Morgan fingerprint density at radius 2 is 1.78 bits per heavy atom. The highest BCUT2D eigenvalue weighted by Crippen LogP contribution is 2.17. The molecule has 0 unspecified atom stereocenters. The second-order valence-electron chi connectivity index (χ2n) is 6.01. The fourth-order valence-electron chi connectivity index (χ4n) is 2.74. The summed E-state index contributed by atoms with van der Waals surface area (Å²) in [7, 11) is 3.20. The number of rotatable bonds is 7. The molecule has 0 atom stereocenters. The van der Waals surface area contributed by atoms with Crippen LogP contribution in [0.4, 0.5) is 5.69 Å². The Bertz CT molecular complexity index is 996. The van der Waals surface area contributed by atoms with Gasteiger partial charge in [0.25, 0.3) is 5.56 Å². The van der Waals surface area contributed by atoms with E-state index in [1.54, 1.807) is 56.6 Å². The summed E-state index contributed by atoms with van der Waals surface area (Å²) in [5.41, 5.74) is 1.04. The highest BCUT2D eigenvalue weighted by Gasteiger charge is 2.12. The van der Waals surface area contributed by atoms with E-state index in [-0.39, 0.29) is 17.9 Å². The van der Waals surface area contributed by atoms with Crippen molar-refractivity contribution in [2.75, 3.05) is 25.6 Å². The molecule has 0 radical (unpaired) electrons. The summed E-state index contributed by atoms with van der Waals surface area (Å²) >= 11 is 0. The molecule has 1 amide bonds. The summed E-state index contributed by atoms with van der Waals surface area (Å²) in [6, 6.07) is 14.3. The van der Waals surface area contributed by atoms with Crippen LogP contribution < -0.4 is 15.6 Å². The summed E-state index contributed by atoms with van der Waals surface area (Å²) in [4.78, 5) is 24.6. The summed E-state index contributed by atoms with van der Waals surface area (Å²) in [5.74, 6) is 0.495. The van der Waals surface area contributed by atoms with Crippen LogP contribution in [0.5, 0.6) is 5.75 Å². The van der Waals surface area contributed by atoms with Crippen molar-refractivity contribution in [3.05, 3.63) is 64.6 Å². The van der Waals surface area contributed by atoms with Gasteiger partial charge >= 0.3 is 0 Å². The third-order valence-electron chi connectivity index (χ3n) is 4.06. The first-order valence-corrected chi connectivity index (χ1v) is 8.55. The van der Waals surface area contributed by atoms with Crippen LogP contribution in [-0.4, -0.2) is 36.0 Å². The lowest BCUT2D eigenvalue weighted by molar-refractivity contribution is -0.115. The third-order valence-corrected chi connectivity index (χ3v) is 4.06. The van der Waals surface area contributed by atoms with Crippen molar-refractivity contribution in [3.8, 4) is 5.75 Å². The number of aromatic nitrogens is 2. The van der Waals surface area contributed by atoms with E-state index in [4.69, 9.17) is 9.47 Å². The molecule has 7 nitrogen and oxygen atoms in total. The van der Waals surface area contributed by atoms with Crippen molar-refractivity contribution in [1.29, 1.82) is 0 Å². The monoisotopic (exact) mass is 367 g/mol. The molecule has 7 heteroatoms. The topological polar surface area (TPSA) is 82.4 Å². The Morgan fingerprint density at radius 3 is 2.48 bits per heavy atom. The first-order chi connectivity index (χ1) is 13.1. The maximum Gasteiger partial charge on any atom is 0.274 e. The van der Waals surface area contributed by atoms with Gasteiger partial charge in [-0.05, 0) is 30.3 Å². The maximum absolute atomic E-state index is 12.4. The van der Waals surface area contributed by atoms with Gasteiger partial charge in [-0.15, -0.1) is 0 Å². The van der Waals surface area contributed by atoms with Crippen molar-refractivity contribution in [3.63, 3.8) is 0 Å². The number of nitrogens with zero attached hydrogens (tertiary/aromatic N) is 2. The molecule has 140 valence electrons. The van der Waals surface area contributed by atoms with E-state index in [0.29, 0.717) is 41.1 Å². The van der Waals surface area contributed by atoms with Crippen LogP contribution >= 0.6 is 0 Å². The zero-order valence-electron chi connectivity index (χ0n) is 15.3. The average molecular weight is 367 g/mol. The number of aryl methyl sites for hydroxylation is 1. The molecule has 0 spiro atoms. The number of fused-ring (bicyclic) bond motifs is 1. The van der Waals surface area contributed by atoms with E-state index in [9.17, 15) is 9.59 Å². The van der Waals surface area contributed by atoms with Crippen molar-refractivity contribution in [1.82, 2.24) is 9.78 Å². The maximum atomic E-state index is 12.4. The first kappa shape index (κ1) is 18.6. The fourth-order valence-corrected chi connectivity index (χ4v) is 2.74. The lowest BCUT2D eigenvalue weighted by Crippen LogP contribution is -2.24. The van der Waals surface area contributed by atoms with Gasteiger partial charge in [0.2, 0.25) is 5.91 Å². The number of ether oxygens (including phenoxy) is 2. The summed E-state index contributed by atoms with van der Waals surface area (Å²) < 4.78 is 11.7. The Hall–Kier alpha value is -3.19. The molecule has 3 rings (SSSR count). The minimum atomic E-state index is -0.209. The van der Waals surface area contributed by atoms with Gasteiger partial charge in [0.15, 0.2) is 0 Å². The highest BCUT2D eigenvalue weighted by molar-refractivity contribution is 5.95. The lowest BCUT2D eigenvalue weighted by Gasteiger charge is -2.10. The first-order valence-electron chi connectivity index (χ1n) is 8.55. The molecular weight excluding hydrogens is 346 g/mol. The van der Waals surface area contributed by atoms with Gasteiger partial charge in [-0.25, -0.2) is 4.68 Å². The summed E-state index contributed by atoms with van der Waals surface area (Å²) in [6.45, 7) is 0.979. The average Bonchev–Trinajstić information content (AvgIpc) is 2.67. The van der Waals surface area contributed by atoms with Crippen molar-refractivity contribution in [2.45, 2.75) is 6.42 Å². The van der Waals surface area contributed by atoms with Crippen molar-refractivity contribution < 1.29 is 14.3 Å². The predicted octanol–water partition coefficient (Wildman–Crippen LogP) is 2.14. The number of carbonyl (C=O) groups excluding carboxylic acids is 1. The standard InChI is InChI=1S/C20H21N3O4/c1-23-20(25)17-6-4-3-5-16(17)18(22-23)13-19(24)21-14-7-9-15(10-8-14)27-12-11-26-2/h3-10H,11-13H2,1-2H3,(H,21,24). The Balaban J connectivity index is 1.70. The SMILES string of the molecule is COCCOc1ccc(NC(=O)Cc2nn(C)c(=O)c3ccccc23)cc1. The third kappa shape index (κ3) is 4.51. The molecule has 3 aromatic rings. The van der Waals surface area contributed by atoms with E-state index in [2.05, 4.69) is 10.4 Å². The lowest BCUT2D eigenvalue weighted by atomic mass is 10.1. The predicted molar refractivity (Wildman–Crippen MR) is 103 cm³/mol. The van der Waals surface area contributed by atoms with E-state index < -0.39 is 0 Å². The van der Waals surface area contributed by atoms with Gasteiger partial charge in [0, 0.05) is 25.2 Å². The van der Waals surface area contributed by atoms with Crippen LogP contribution in [0.2, 0.25) is 0 Å². The zero-order chi connectivity index (χ0) is 19.2. The van der Waals surface area contributed by atoms with Crippen LogP contribution in [0.15, 0.2) is 53.3 Å². The Kier molecular flexibility index (Phi) is 5.83. The van der Waals surface area contributed by atoms with Gasteiger partial charge in [-0.1, -0.05) is 18.2 Å². The van der Waals surface area contributed by atoms with Crippen LogP contribution in [0.1, 0.15) is 5.69 Å². The molecule has 0 saturated carbocycles. The van der Waals surface area contributed by atoms with Crippen molar-refractivity contribution >= 4 is 22.4 Å². The fraction of sp³-hybridized carbons (Fsp3) is 0.250. The molecule has 0 saturated heterocycles. The van der Waals surface area contributed by atoms with Gasteiger partial charge in [-0.2, -0.15) is 5.10 Å². The quantitative estimate of drug-likeness (QED) is 0.647. The molecule has 1 N–H and O–H groups in total. The molecule has 0 aliphatic rings. The van der Waals surface area contributed by atoms with E-state index >= 15 is 0 Å². The van der Waals surface area contributed by atoms with Crippen LogP contribution in [0.25, 0.3) is 10.8 Å². The van der Waals surface area contributed by atoms with E-state index in [1.165, 1.54) is 4.68 Å². The van der Waals surface area contributed by atoms with Gasteiger partial charge in [0.05, 0.1) is 24.1 Å². The smallest absolute Gasteiger partial charge is 0.274 e. The minimum absolute atomic E-state index is 0.0702. The van der Waals surface area contributed by atoms with Crippen LogP contribution in [0, 0.1) is 0 Å². The Labute approximate surface area is 156 Å². The van der Waals surface area contributed by atoms with Gasteiger partial charge in [0.1, 0.15) is 12.4 Å². The van der Waals surface area contributed by atoms with Gasteiger partial charge < -0.3 is 14.8 Å². The normalized spacial score (nSPS) is 10.7. The number of benzene rings is 2. The molecule has 1 heterocycles. The van der Waals surface area contributed by atoms with E-state index in [1.807, 2.05) is 6.07 Å². The second kappa shape index (κ2) is 8.46. The Morgan fingerprint density at radius 1 is 1.07 bits per heavy atom. The van der Waals surface area contributed by atoms with E-state index in [0.717, 1.165) is 0 Å². The second-order valence-corrected chi connectivity index (χ2v) is 6.01. The number of hydrogen-bond acceptors (Lipinski definition) is 5. The molecule has 27 heavy (non-hydrogen) atoms. The number of hydrogen-bond donors (Lipinski definition) is 1. The molecular formula is C20H21N3O4. The number of methoxy groups -OCH3 is 1. The number of amides is 1. The molecule has 0 aliphatic heterocycles. The molecule has 0 fully saturated rings. The number of nitrogens with one attached hydrogen (secondary N) is 1.